The second-order valence-corrected chi connectivity index (χ2v) is 4.32. The molecule has 0 aliphatic rings. The van der Waals surface area contributed by atoms with Gasteiger partial charge in [-0.3, -0.25) is 9.59 Å². The molecule has 98 valence electrons. The molecule has 0 aliphatic carbocycles. The number of amides is 1. The van der Waals surface area contributed by atoms with Crippen LogP contribution in [-0.4, -0.2) is 24.7 Å². The van der Waals surface area contributed by atoms with Crippen LogP contribution in [0.15, 0.2) is 18.2 Å². The Hall–Kier alpha value is -1.55. The molecule has 0 aliphatic heterocycles. The summed E-state index contributed by atoms with van der Waals surface area (Å²) < 4.78 is 5.14. The molecule has 1 amide bonds. The highest BCUT2D eigenvalue weighted by Gasteiger charge is 2.15. The van der Waals surface area contributed by atoms with Gasteiger partial charge in [-0.1, -0.05) is 6.92 Å². The van der Waals surface area contributed by atoms with Crippen molar-refractivity contribution < 1.29 is 14.3 Å². The molecule has 18 heavy (non-hydrogen) atoms. The van der Waals surface area contributed by atoms with E-state index in [9.17, 15) is 9.59 Å². The van der Waals surface area contributed by atoms with E-state index in [4.69, 9.17) is 16.3 Å². The van der Waals surface area contributed by atoms with Crippen LogP contribution in [0.3, 0.4) is 0 Å². The van der Waals surface area contributed by atoms with Crippen molar-refractivity contribution >= 4 is 29.0 Å². The maximum absolute atomic E-state index is 11.8. The van der Waals surface area contributed by atoms with E-state index in [-0.39, 0.29) is 23.5 Å². The summed E-state index contributed by atoms with van der Waals surface area (Å²) >= 11 is 5.62. The Morgan fingerprint density at radius 1 is 1.44 bits per heavy atom. The number of benzene rings is 1. The number of halogens is 1. The summed E-state index contributed by atoms with van der Waals surface area (Å²) in [5.41, 5.74) is 0.997. The van der Waals surface area contributed by atoms with Crippen LogP contribution >= 0.6 is 11.6 Å². The fourth-order valence-electron chi connectivity index (χ4n) is 1.35. The minimum absolute atomic E-state index is 0.0708. The van der Waals surface area contributed by atoms with Gasteiger partial charge in [0.1, 0.15) is 5.75 Å². The molecule has 0 heterocycles. The molecule has 0 bridgehead atoms. The van der Waals surface area contributed by atoms with E-state index in [1.54, 1.807) is 25.1 Å². The minimum atomic E-state index is -0.308. The van der Waals surface area contributed by atoms with Crippen molar-refractivity contribution in [1.82, 2.24) is 0 Å². The standard InChI is InChI=1S/C13H16ClNO3/c1-8(7-14)13(17)15-11-6-10(9(2)16)4-5-12(11)18-3/h4-6,8H,7H2,1-3H3,(H,15,17). The molecule has 0 radical (unpaired) electrons. The molecule has 1 unspecified atom stereocenters. The van der Waals surface area contributed by atoms with Crippen molar-refractivity contribution in [2.24, 2.45) is 5.92 Å². The molecule has 1 rings (SSSR count). The molecule has 0 saturated carbocycles. The molecule has 0 saturated heterocycles. The Labute approximate surface area is 111 Å². The van der Waals surface area contributed by atoms with E-state index in [1.807, 2.05) is 0 Å². The Kier molecular flexibility index (Phi) is 5.16. The maximum Gasteiger partial charge on any atom is 0.228 e. The number of nitrogens with one attached hydrogen (secondary N) is 1. The zero-order valence-electron chi connectivity index (χ0n) is 10.6. The lowest BCUT2D eigenvalue weighted by atomic mass is 10.1. The third kappa shape index (κ3) is 3.47. The fraction of sp³-hybridized carbons (Fsp3) is 0.385. The molecule has 5 heteroatoms. The van der Waals surface area contributed by atoms with E-state index in [0.717, 1.165) is 0 Å². The number of ketones is 1. The quantitative estimate of drug-likeness (QED) is 0.660. The van der Waals surface area contributed by atoms with Gasteiger partial charge in [0.25, 0.3) is 0 Å². The number of ether oxygens (including phenoxy) is 1. The first-order valence-electron chi connectivity index (χ1n) is 5.55. The highest BCUT2D eigenvalue weighted by molar-refractivity contribution is 6.19. The van der Waals surface area contributed by atoms with Gasteiger partial charge in [0.05, 0.1) is 12.8 Å². The fourth-order valence-corrected chi connectivity index (χ4v) is 1.49. The number of methoxy groups -OCH3 is 1. The summed E-state index contributed by atoms with van der Waals surface area (Å²) in [7, 11) is 1.50. The number of carbonyl (C=O) groups excluding carboxylic acids is 2. The van der Waals surface area contributed by atoms with Crippen LogP contribution in [-0.2, 0) is 4.79 Å². The first-order chi connectivity index (χ1) is 8.49. The van der Waals surface area contributed by atoms with Crippen molar-refractivity contribution in [1.29, 1.82) is 0 Å². The van der Waals surface area contributed by atoms with Crippen LogP contribution in [0.25, 0.3) is 0 Å². The summed E-state index contributed by atoms with van der Waals surface area (Å²) in [4.78, 5) is 23.1. The van der Waals surface area contributed by atoms with Crippen LogP contribution in [0.1, 0.15) is 24.2 Å². The van der Waals surface area contributed by atoms with E-state index in [2.05, 4.69) is 5.32 Å². The predicted molar refractivity (Wildman–Crippen MR) is 71.5 cm³/mol. The SMILES string of the molecule is COc1ccc(C(C)=O)cc1NC(=O)C(C)CCl. The molecular weight excluding hydrogens is 254 g/mol. The first kappa shape index (κ1) is 14.5. The van der Waals surface area contributed by atoms with E-state index in [0.29, 0.717) is 17.0 Å². The number of carbonyl (C=O) groups is 2. The maximum atomic E-state index is 11.8. The summed E-state index contributed by atoms with van der Waals surface area (Å²) in [6.07, 6.45) is 0. The van der Waals surface area contributed by atoms with Crippen molar-refractivity contribution in [3.05, 3.63) is 23.8 Å². The Balaban J connectivity index is 3.01. The largest absolute Gasteiger partial charge is 0.495 e. The van der Waals surface area contributed by atoms with Crippen molar-refractivity contribution in [3.63, 3.8) is 0 Å². The van der Waals surface area contributed by atoms with Crippen LogP contribution in [0.4, 0.5) is 5.69 Å². The number of Topliss-reactive ketones (excluding diaryl/α,β-unsaturated/α-hetero) is 1. The monoisotopic (exact) mass is 269 g/mol. The van der Waals surface area contributed by atoms with Gasteiger partial charge in [-0.2, -0.15) is 0 Å². The Morgan fingerprint density at radius 3 is 2.61 bits per heavy atom. The average molecular weight is 270 g/mol. The molecule has 1 aromatic rings. The molecule has 0 aromatic heterocycles. The molecule has 0 fully saturated rings. The van der Waals surface area contributed by atoms with E-state index >= 15 is 0 Å². The summed E-state index contributed by atoms with van der Waals surface area (Å²) in [6, 6.07) is 4.90. The number of alkyl halides is 1. The van der Waals surface area contributed by atoms with Crippen molar-refractivity contribution in [2.75, 3.05) is 18.3 Å². The number of hydrogen-bond acceptors (Lipinski definition) is 3. The van der Waals surface area contributed by atoms with Gasteiger partial charge in [-0.05, 0) is 25.1 Å². The average Bonchev–Trinajstić information content (AvgIpc) is 2.37. The lowest BCUT2D eigenvalue weighted by molar-refractivity contribution is -0.118. The lowest BCUT2D eigenvalue weighted by Crippen LogP contribution is -2.21. The molecule has 1 atom stereocenters. The molecule has 0 spiro atoms. The van der Waals surface area contributed by atoms with Crippen LogP contribution < -0.4 is 10.1 Å². The Bertz CT molecular complexity index is 460. The van der Waals surface area contributed by atoms with Crippen molar-refractivity contribution in [2.45, 2.75) is 13.8 Å². The number of rotatable bonds is 5. The third-order valence-corrected chi connectivity index (χ3v) is 3.01. The normalized spacial score (nSPS) is 11.8. The molecule has 1 N–H and O–H groups in total. The van der Waals surface area contributed by atoms with Crippen LogP contribution in [0.5, 0.6) is 5.75 Å². The highest BCUT2D eigenvalue weighted by Crippen LogP contribution is 2.26. The summed E-state index contributed by atoms with van der Waals surface area (Å²) in [5, 5.41) is 2.71. The van der Waals surface area contributed by atoms with Crippen LogP contribution in [0, 0.1) is 5.92 Å². The highest BCUT2D eigenvalue weighted by atomic mass is 35.5. The number of anilines is 1. The van der Waals surface area contributed by atoms with Gasteiger partial charge in [0.15, 0.2) is 5.78 Å². The van der Waals surface area contributed by atoms with Gasteiger partial charge in [0, 0.05) is 17.4 Å². The molecule has 1 aromatic carbocycles. The van der Waals surface area contributed by atoms with Gasteiger partial charge in [-0.25, -0.2) is 0 Å². The second-order valence-electron chi connectivity index (χ2n) is 4.02. The van der Waals surface area contributed by atoms with Crippen molar-refractivity contribution in [3.8, 4) is 5.75 Å². The van der Waals surface area contributed by atoms with E-state index in [1.165, 1.54) is 14.0 Å². The zero-order chi connectivity index (χ0) is 13.7. The minimum Gasteiger partial charge on any atom is -0.495 e. The molecule has 4 nitrogen and oxygen atoms in total. The topological polar surface area (TPSA) is 55.4 Å². The van der Waals surface area contributed by atoms with Crippen LogP contribution in [0.2, 0.25) is 0 Å². The van der Waals surface area contributed by atoms with Gasteiger partial charge in [-0.15, -0.1) is 11.6 Å². The van der Waals surface area contributed by atoms with Gasteiger partial charge >= 0.3 is 0 Å². The Morgan fingerprint density at radius 2 is 2.11 bits per heavy atom. The summed E-state index contributed by atoms with van der Waals surface area (Å²) in [5.74, 6) is 0.163. The zero-order valence-corrected chi connectivity index (χ0v) is 11.4. The predicted octanol–water partition coefficient (Wildman–Crippen LogP) is 2.71. The van der Waals surface area contributed by atoms with E-state index < -0.39 is 0 Å². The second kappa shape index (κ2) is 6.40. The van der Waals surface area contributed by atoms with Gasteiger partial charge in [0.2, 0.25) is 5.91 Å². The smallest absolute Gasteiger partial charge is 0.228 e. The molecular formula is C13H16ClNO3. The number of hydrogen-bond donors (Lipinski definition) is 1. The third-order valence-electron chi connectivity index (χ3n) is 2.54. The first-order valence-corrected chi connectivity index (χ1v) is 6.08. The summed E-state index contributed by atoms with van der Waals surface area (Å²) in [6.45, 7) is 3.19. The van der Waals surface area contributed by atoms with Gasteiger partial charge < -0.3 is 10.1 Å². The lowest BCUT2D eigenvalue weighted by Gasteiger charge is -2.13.